The van der Waals surface area contributed by atoms with Crippen molar-refractivity contribution in [2.24, 2.45) is 5.92 Å². The van der Waals surface area contributed by atoms with E-state index in [1.165, 1.54) is 0 Å². The molecular formula is C32H45N5O6. The predicted molar refractivity (Wildman–Crippen MR) is 162 cm³/mol. The lowest BCUT2D eigenvalue weighted by Gasteiger charge is -2.39. The van der Waals surface area contributed by atoms with Crippen LogP contribution in [0.25, 0.3) is 10.9 Å². The van der Waals surface area contributed by atoms with Crippen LogP contribution in [-0.4, -0.2) is 75.3 Å². The van der Waals surface area contributed by atoms with Gasteiger partial charge < -0.3 is 30.9 Å². The summed E-state index contributed by atoms with van der Waals surface area (Å²) in [5.74, 6) is -2.54. The molecule has 0 bridgehead atoms. The van der Waals surface area contributed by atoms with Crippen molar-refractivity contribution in [3.63, 3.8) is 0 Å². The van der Waals surface area contributed by atoms with Gasteiger partial charge >= 0.3 is 5.97 Å². The highest BCUT2D eigenvalue weighted by atomic mass is 16.4. The van der Waals surface area contributed by atoms with E-state index in [-0.39, 0.29) is 30.6 Å². The summed E-state index contributed by atoms with van der Waals surface area (Å²) in [5, 5.41) is 18.6. The normalized spacial score (nSPS) is 24.3. The Morgan fingerprint density at radius 1 is 0.953 bits per heavy atom. The van der Waals surface area contributed by atoms with Crippen molar-refractivity contribution in [1.82, 2.24) is 25.8 Å². The van der Waals surface area contributed by atoms with Crippen molar-refractivity contribution in [3.8, 4) is 0 Å². The summed E-state index contributed by atoms with van der Waals surface area (Å²) in [6.07, 6.45) is 7.69. The fourth-order valence-corrected chi connectivity index (χ4v) is 6.10. The quantitative estimate of drug-likeness (QED) is 0.251. The average Bonchev–Trinajstić information content (AvgIpc) is 3.41. The van der Waals surface area contributed by atoms with Gasteiger partial charge in [-0.15, -0.1) is 0 Å². The summed E-state index contributed by atoms with van der Waals surface area (Å²) in [5.41, 5.74) is 1.76. The number of unbranched alkanes of at least 4 members (excludes halogenated alkanes) is 3. The van der Waals surface area contributed by atoms with E-state index in [2.05, 4.69) is 20.9 Å². The van der Waals surface area contributed by atoms with E-state index in [0.717, 1.165) is 29.3 Å². The van der Waals surface area contributed by atoms with Gasteiger partial charge in [-0.25, -0.2) is 0 Å². The third-order valence-electron chi connectivity index (χ3n) is 8.86. The van der Waals surface area contributed by atoms with Crippen LogP contribution in [0.15, 0.2) is 30.5 Å². The predicted octanol–water partition coefficient (Wildman–Crippen LogP) is 3.03. The second-order valence-electron chi connectivity index (χ2n) is 11.9. The fourth-order valence-electron chi connectivity index (χ4n) is 6.10. The molecule has 0 saturated carbocycles. The largest absolute Gasteiger partial charge is 0.481 e. The highest BCUT2D eigenvalue weighted by Gasteiger charge is 2.40. The van der Waals surface area contributed by atoms with Crippen molar-refractivity contribution < 1.29 is 29.1 Å². The second-order valence-corrected chi connectivity index (χ2v) is 11.9. The molecular weight excluding hydrogens is 550 g/mol. The molecule has 11 nitrogen and oxygen atoms in total. The summed E-state index contributed by atoms with van der Waals surface area (Å²) >= 11 is 0. The first-order valence-electron chi connectivity index (χ1n) is 15.7. The molecule has 0 aliphatic carbocycles. The third-order valence-corrected chi connectivity index (χ3v) is 8.86. The number of nitrogens with one attached hydrogen (secondary N) is 4. The van der Waals surface area contributed by atoms with E-state index in [1.807, 2.05) is 44.3 Å². The maximum Gasteiger partial charge on any atom is 0.303 e. The number of para-hydroxylation sites is 1. The lowest BCUT2D eigenvalue weighted by atomic mass is 9.93. The molecule has 2 fully saturated rings. The molecule has 2 unspecified atom stereocenters. The molecule has 2 aliphatic rings. The van der Waals surface area contributed by atoms with Crippen LogP contribution in [0.2, 0.25) is 0 Å². The molecule has 234 valence electrons. The highest BCUT2D eigenvalue weighted by molar-refractivity contribution is 5.98. The van der Waals surface area contributed by atoms with Crippen LogP contribution in [0.5, 0.6) is 0 Å². The second kappa shape index (κ2) is 15.0. The van der Waals surface area contributed by atoms with Gasteiger partial charge in [0.1, 0.15) is 24.2 Å². The van der Waals surface area contributed by atoms with Gasteiger partial charge in [-0.2, -0.15) is 0 Å². The van der Waals surface area contributed by atoms with Gasteiger partial charge in [0.25, 0.3) is 0 Å². The number of hydrogen-bond donors (Lipinski definition) is 5. The number of benzene rings is 1. The average molecular weight is 596 g/mol. The smallest absolute Gasteiger partial charge is 0.303 e. The van der Waals surface area contributed by atoms with E-state index in [1.54, 1.807) is 4.90 Å². The SMILES string of the molecule is CCC(C)[C@@H]1NC(=O)C(Cc2c[nH]c3ccccc23)NC(=O)[C@H](CCCCCCC(=O)O)NC(=O)[C@H]2CCCCN2C1=O. The molecule has 0 spiro atoms. The first-order valence-corrected chi connectivity index (χ1v) is 15.7. The number of nitrogens with zero attached hydrogens (tertiary/aromatic N) is 1. The Morgan fingerprint density at radius 3 is 2.44 bits per heavy atom. The van der Waals surface area contributed by atoms with Gasteiger partial charge in [0, 0.05) is 36.5 Å². The number of fused-ring (bicyclic) bond motifs is 2. The van der Waals surface area contributed by atoms with Gasteiger partial charge in [-0.1, -0.05) is 57.7 Å². The van der Waals surface area contributed by atoms with Crippen molar-refractivity contribution >= 4 is 40.5 Å². The zero-order valence-electron chi connectivity index (χ0n) is 25.2. The van der Waals surface area contributed by atoms with Gasteiger partial charge in [0.2, 0.25) is 23.6 Å². The molecule has 5 atom stereocenters. The minimum Gasteiger partial charge on any atom is -0.481 e. The van der Waals surface area contributed by atoms with Gasteiger partial charge in [-0.05, 0) is 49.7 Å². The van der Waals surface area contributed by atoms with Crippen molar-refractivity contribution in [2.75, 3.05) is 6.54 Å². The Hall–Kier alpha value is -3.89. The number of aromatic nitrogens is 1. The van der Waals surface area contributed by atoms with E-state index >= 15 is 0 Å². The Morgan fingerprint density at radius 2 is 1.67 bits per heavy atom. The van der Waals surface area contributed by atoms with Crippen molar-refractivity contribution in [2.45, 2.75) is 109 Å². The topological polar surface area (TPSA) is 161 Å². The van der Waals surface area contributed by atoms with Crippen LogP contribution in [0, 0.1) is 5.92 Å². The highest BCUT2D eigenvalue weighted by Crippen LogP contribution is 2.23. The summed E-state index contributed by atoms with van der Waals surface area (Å²) in [7, 11) is 0. The molecule has 2 aliphatic heterocycles. The Labute approximate surface area is 252 Å². The maximum absolute atomic E-state index is 13.9. The number of carbonyl (C=O) groups excluding carboxylic acids is 4. The minimum atomic E-state index is -0.974. The van der Waals surface area contributed by atoms with E-state index < -0.39 is 42.0 Å². The Balaban J connectivity index is 1.62. The maximum atomic E-state index is 13.9. The summed E-state index contributed by atoms with van der Waals surface area (Å²) in [6, 6.07) is 4.31. The van der Waals surface area contributed by atoms with Crippen molar-refractivity contribution in [1.29, 1.82) is 0 Å². The molecule has 2 aromatic rings. The Kier molecular flexibility index (Phi) is 11.2. The number of aliphatic carboxylic acids is 1. The molecule has 4 rings (SSSR count). The molecule has 4 amide bonds. The number of piperidine rings is 1. The van der Waals surface area contributed by atoms with E-state index in [0.29, 0.717) is 51.5 Å². The zero-order chi connectivity index (χ0) is 30.9. The standard InChI is InChI=1S/C32H45N5O6/c1-3-20(2)28-32(43)37-17-11-10-15-26(37)31(42)34-24(14-6-4-5-7-16-27(38)39)29(40)35-25(30(41)36-28)18-21-19-33-23-13-9-8-12-22(21)23/h8-9,12-13,19-20,24-26,28,33H,3-7,10-11,14-18H2,1-2H3,(H,34,42)(H,35,40)(H,36,41)(H,38,39)/t20?,24-,25?,26+,28-/m0/s1. The Bertz CT molecular complexity index is 1310. The number of hydrogen-bond acceptors (Lipinski definition) is 5. The minimum absolute atomic E-state index is 0.0917. The lowest BCUT2D eigenvalue weighted by Crippen LogP contribution is -2.64. The molecule has 5 N–H and O–H groups in total. The first kappa shape index (κ1) is 32.0. The summed E-state index contributed by atoms with van der Waals surface area (Å²) in [6.45, 7) is 4.28. The fraction of sp³-hybridized carbons (Fsp3) is 0.594. The number of H-pyrrole nitrogens is 1. The molecule has 1 aromatic heterocycles. The number of carbonyl (C=O) groups is 5. The van der Waals surface area contributed by atoms with Gasteiger partial charge in [0.05, 0.1) is 0 Å². The molecule has 3 heterocycles. The molecule has 1 aromatic carbocycles. The lowest BCUT2D eigenvalue weighted by molar-refractivity contribution is -0.147. The van der Waals surface area contributed by atoms with E-state index in [4.69, 9.17) is 5.11 Å². The van der Waals surface area contributed by atoms with Crippen LogP contribution in [0.3, 0.4) is 0 Å². The summed E-state index contributed by atoms with van der Waals surface area (Å²) < 4.78 is 0. The molecule has 11 heteroatoms. The number of carboxylic acid groups (broad SMARTS) is 1. The first-order chi connectivity index (χ1) is 20.7. The number of aromatic amines is 1. The molecule has 0 radical (unpaired) electrons. The van der Waals surface area contributed by atoms with Gasteiger partial charge in [0.15, 0.2) is 0 Å². The summed E-state index contributed by atoms with van der Waals surface area (Å²) in [4.78, 5) is 70.9. The van der Waals surface area contributed by atoms with Crippen LogP contribution < -0.4 is 16.0 Å². The number of amides is 4. The third kappa shape index (κ3) is 8.14. The number of rotatable bonds is 11. The molecule has 2 saturated heterocycles. The molecule has 43 heavy (non-hydrogen) atoms. The van der Waals surface area contributed by atoms with Crippen LogP contribution in [-0.2, 0) is 30.4 Å². The zero-order valence-corrected chi connectivity index (χ0v) is 25.2. The monoisotopic (exact) mass is 595 g/mol. The van der Waals surface area contributed by atoms with Crippen LogP contribution in [0.1, 0.15) is 83.6 Å². The van der Waals surface area contributed by atoms with Crippen LogP contribution >= 0.6 is 0 Å². The van der Waals surface area contributed by atoms with Gasteiger partial charge in [-0.3, -0.25) is 24.0 Å². The van der Waals surface area contributed by atoms with E-state index in [9.17, 15) is 24.0 Å². The van der Waals surface area contributed by atoms with Crippen molar-refractivity contribution in [3.05, 3.63) is 36.0 Å². The number of carboxylic acids is 1. The van der Waals surface area contributed by atoms with Crippen LogP contribution in [0.4, 0.5) is 0 Å².